The number of hydrogen-bond donors (Lipinski definition) is 1. The number of ether oxygens (including phenoxy) is 1. The molecule has 1 aliphatic rings. The molecular weight excluding hydrogens is 270 g/mol. The molecule has 1 unspecified atom stereocenters. The van der Waals surface area contributed by atoms with Crippen LogP contribution in [0.2, 0.25) is 0 Å². The monoisotopic (exact) mass is 287 g/mol. The van der Waals surface area contributed by atoms with E-state index in [1.54, 1.807) is 11.8 Å². The summed E-state index contributed by atoms with van der Waals surface area (Å²) >= 11 is 0. The lowest BCUT2D eigenvalue weighted by Crippen LogP contribution is -2.26. The number of hydrogen-bond acceptors (Lipinski definition) is 4. The summed E-state index contributed by atoms with van der Waals surface area (Å²) in [5.74, 6) is 1.35. The van der Waals surface area contributed by atoms with Gasteiger partial charge in [0, 0.05) is 18.4 Å². The van der Waals surface area contributed by atoms with Crippen LogP contribution in [0.3, 0.4) is 0 Å². The highest BCUT2D eigenvalue weighted by Gasteiger charge is 2.28. The molecule has 1 aromatic heterocycles. The van der Waals surface area contributed by atoms with Crippen LogP contribution < -0.4 is 4.74 Å². The molecule has 0 aliphatic carbocycles. The van der Waals surface area contributed by atoms with E-state index in [1.807, 2.05) is 24.3 Å². The summed E-state index contributed by atoms with van der Waals surface area (Å²) in [7, 11) is 1.63. The molecule has 0 amide bonds. The Morgan fingerprint density at radius 3 is 3.05 bits per heavy atom. The van der Waals surface area contributed by atoms with Gasteiger partial charge < -0.3 is 9.84 Å². The highest BCUT2D eigenvalue weighted by molar-refractivity contribution is 5.71. The fourth-order valence-corrected chi connectivity index (χ4v) is 2.72. The van der Waals surface area contributed by atoms with Gasteiger partial charge in [0.2, 0.25) is 0 Å². The molecule has 2 heterocycles. The van der Waals surface area contributed by atoms with E-state index in [0.717, 1.165) is 30.0 Å². The first-order valence-corrected chi connectivity index (χ1v) is 6.98. The number of benzene rings is 1. The van der Waals surface area contributed by atoms with Crippen molar-refractivity contribution in [1.29, 1.82) is 0 Å². The van der Waals surface area contributed by atoms with Crippen LogP contribution in [0.15, 0.2) is 24.3 Å². The third kappa shape index (κ3) is 2.61. The van der Waals surface area contributed by atoms with E-state index in [1.165, 1.54) is 0 Å². The minimum absolute atomic E-state index is 0.538. The molecule has 6 heteroatoms. The molecule has 2 aromatic rings. The number of carboxylic acid groups (broad SMARTS) is 1. The van der Waals surface area contributed by atoms with Crippen molar-refractivity contribution in [2.24, 2.45) is 0 Å². The Labute approximate surface area is 122 Å². The summed E-state index contributed by atoms with van der Waals surface area (Å²) < 4.78 is 6.89. The maximum atomic E-state index is 11.3. The van der Waals surface area contributed by atoms with Crippen molar-refractivity contribution < 1.29 is 14.6 Å². The number of carbonyl (C=O) groups is 1. The molecule has 1 atom stereocenters. The van der Waals surface area contributed by atoms with E-state index < -0.39 is 12.0 Å². The van der Waals surface area contributed by atoms with Crippen LogP contribution in [0.25, 0.3) is 0 Å². The number of fused-ring (bicyclic) bond motifs is 1. The largest absolute Gasteiger partial charge is 0.496 e. The van der Waals surface area contributed by atoms with Crippen LogP contribution in [0.1, 0.15) is 36.1 Å². The summed E-state index contributed by atoms with van der Waals surface area (Å²) in [5, 5.41) is 13.7. The van der Waals surface area contributed by atoms with Gasteiger partial charge >= 0.3 is 5.97 Å². The number of aromatic nitrogens is 3. The SMILES string of the molecule is COc1ccccc1Cc1nc2n(n1)C(C(=O)O)CCC2. The zero-order valence-corrected chi connectivity index (χ0v) is 11.8. The maximum Gasteiger partial charge on any atom is 0.328 e. The van der Waals surface area contributed by atoms with E-state index in [-0.39, 0.29) is 0 Å². The van der Waals surface area contributed by atoms with Crippen molar-refractivity contribution >= 4 is 5.97 Å². The summed E-state index contributed by atoms with van der Waals surface area (Å²) in [6.07, 6.45) is 2.77. The third-order valence-electron chi connectivity index (χ3n) is 3.75. The van der Waals surface area contributed by atoms with E-state index >= 15 is 0 Å². The number of aryl methyl sites for hydroxylation is 1. The van der Waals surface area contributed by atoms with Gasteiger partial charge in [0.05, 0.1) is 7.11 Å². The zero-order valence-electron chi connectivity index (χ0n) is 11.8. The van der Waals surface area contributed by atoms with Crippen molar-refractivity contribution in [3.8, 4) is 5.75 Å². The van der Waals surface area contributed by atoms with E-state index in [0.29, 0.717) is 18.7 Å². The molecule has 1 N–H and O–H groups in total. The number of aliphatic carboxylic acids is 1. The van der Waals surface area contributed by atoms with Gasteiger partial charge in [-0.15, -0.1) is 0 Å². The molecule has 0 radical (unpaired) electrons. The Morgan fingerprint density at radius 2 is 2.29 bits per heavy atom. The van der Waals surface area contributed by atoms with Crippen LogP contribution in [0.5, 0.6) is 5.75 Å². The highest BCUT2D eigenvalue weighted by Crippen LogP contribution is 2.25. The van der Waals surface area contributed by atoms with Gasteiger partial charge in [0.25, 0.3) is 0 Å². The number of carboxylic acids is 1. The van der Waals surface area contributed by atoms with Gasteiger partial charge in [-0.25, -0.2) is 14.5 Å². The zero-order chi connectivity index (χ0) is 14.8. The first-order valence-electron chi connectivity index (χ1n) is 6.98. The summed E-state index contributed by atoms with van der Waals surface area (Å²) in [6.45, 7) is 0. The fraction of sp³-hybridized carbons (Fsp3) is 0.400. The lowest BCUT2D eigenvalue weighted by Gasteiger charge is -2.19. The van der Waals surface area contributed by atoms with Gasteiger partial charge in [0.15, 0.2) is 11.9 Å². The van der Waals surface area contributed by atoms with Crippen molar-refractivity contribution in [1.82, 2.24) is 14.8 Å². The predicted octanol–water partition coefficient (Wildman–Crippen LogP) is 1.84. The molecule has 0 saturated heterocycles. The van der Waals surface area contributed by atoms with Gasteiger partial charge in [-0.2, -0.15) is 5.10 Å². The van der Waals surface area contributed by atoms with Crippen molar-refractivity contribution in [2.45, 2.75) is 31.7 Å². The molecular formula is C15H17N3O3. The Bertz CT molecular complexity index is 666. The molecule has 0 bridgehead atoms. The van der Waals surface area contributed by atoms with Crippen molar-refractivity contribution in [2.75, 3.05) is 7.11 Å². The lowest BCUT2D eigenvalue weighted by molar-refractivity contribution is -0.141. The highest BCUT2D eigenvalue weighted by atomic mass is 16.5. The summed E-state index contributed by atoms with van der Waals surface area (Å²) in [6, 6.07) is 7.12. The second kappa shape index (κ2) is 5.55. The molecule has 0 saturated carbocycles. The molecule has 0 fully saturated rings. The van der Waals surface area contributed by atoms with E-state index in [9.17, 15) is 9.90 Å². The van der Waals surface area contributed by atoms with Gasteiger partial charge in [-0.1, -0.05) is 18.2 Å². The lowest BCUT2D eigenvalue weighted by atomic mass is 10.1. The Balaban J connectivity index is 1.89. The quantitative estimate of drug-likeness (QED) is 0.928. The normalized spacial score (nSPS) is 17.3. The van der Waals surface area contributed by atoms with Gasteiger partial charge in [-0.3, -0.25) is 0 Å². The first-order chi connectivity index (χ1) is 10.2. The minimum atomic E-state index is -0.843. The summed E-state index contributed by atoms with van der Waals surface area (Å²) in [4.78, 5) is 15.8. The van der Waals surface area contributed by atoms with E-state index in [2.05, 4.69) is 10.1 Å². The Kier molecular flexibility index (Phi) is 3.60. The second-order valence-corrected chi connectivity index (χ2v) is 5.12. The van der Waals surface area contributed by atoms with Crippen LogP contribution >= 0.6 is 0 Å². The average Bonchev–Trinajstić information content (AvgIpc) is 2.89. The van der Waals surface area contributed by atoms with Crippen molar-refractivity contribution in [3.05, 3.63) is 41.5 Å². The average molecular weight is 287 g/mol. The summed E-state index contributed by atoms with van der Waals surface area (Å²) in [5.41, 5.74) is 0.995. The topological polar surface area (TPSA) is 77.2 Å². The standard InChI is InChI=1S/C15H17N3O3/c1-21-12-7-3-2-5-10(12)9-13-16-14-8-4-6-11(15(19)20)18(14)17-13/h2-3,5,7,11H,4,6,8-9H2,1H3,(H,19,20). The minimum Gasteiger partial charge on any atom is -0.496 e. The second-order valence-electron chi connectivity index (χ2n) is 5.12. The molecule has 6 nitrogen and oxygen atoms in total. The Morgan fingerprint density at radius 1 is 1.48 bits per heavy atom. The molecule has 0 spiro atoms. The molecule has 3 rings (SSSR count). The van der Waals surface area contributed by atoms with Crippen LogP contribution in [0.4, 0.5) is 0 Å². The first kappa shape index (κ1) is 13.6. The fourth-order valence-electron chi connectivity index (χ4n) is 2.72. The number of rotatable bonds is 4. The maximum absolute atomic E-state index is 11.3. The van der Waals surface area contributed by atoms with Crippen LogP contribution in [-0.4, -0.2) is 33.0 Å². The molecule has 110 valence electrons. The van der Waals surface area contributed by atoms with Gasteiger partial charge in [-0.05, 0) is 18.9 Å². The molecule has 1 aromatic carbocycles. The van der Waals surface area contributed by atoms with E-state index in [4.69, 9.17) is 4.74 Å². The van der Waals surface area contributed by atoms with Crippen LogP contribution in [-0.2, 0) is 17.6 Å². The predicted molar refractivity (Wildman–Crippen MR) is 75.4 cm³/mol. The third-order valence-corrected chi connectivity index (χ3v) is 3.75. The number of para-hydroxylation sites is 1. The van der Waals surface area contributed by atoms with Crippen molar-refractivity contribution in [3.63, 3.8) is 0 Å². The number of methoxy groups -OCH3 is 1. The molecule has 21 heavy (non-hydrogen) atoms. The smallest absolute Gasteiger partial charge is 0.328 e. The molecule has 1 aliphatic heterocycles. The number of nitrogens with zero attached hydrogens (tertiary/aromatic N) is 3. The van der Waals surface area contributed by atoms with Gasteiger partial charge in [0.1, 0.15) is 11.6 Å². The Hall–Kier alpha value is -2.37. The van der Waals surface area contributed by atoms with Crippen LogP contribution in [0, 0.1) is 0 Å².